The molecule has 0 aromatic heterocycles. The van der Waals surface area contributed by atoms with Gasteiger partial charge in [0, 0.05) is 27.4 Å². The molecule has 136 valence electrons. The quantitative estimate of drug-likeness (QED) is 0.329. The van der Waals surface area contributed by atoms with Crippen molar-refractivity contribution in [3.05, 3.63) is 0 Å². The van der Waals surface area contributed by atoms with Crippen LogP contribution >= 0.6 is 12.4 Å². The lowest BCUT2D eigenvalue weighted by Gasteiger charge is -2.24. The average molecular weight is 356 g/mol. The molecule has 0 aliphatic rings. The van der Waals surface area contributed by atoms with Gasteiger partial charge in [0.15, 0.2) is 0 Å². The molecule has 4 nitrogen and oxygen atoms in total. The van der Waals surface area contributed by atoms with E-state index in [2.05, 4.69) is 12.2 Å². The van der Waals surface area contributed by atoms with Crippen LogP contribution in [0.2, 0.25) is 6.04 Å². The highest BCUT2D eigenvalue weighted by molar-refractivity contribution is 6.60. The molecule has 22 heavy (non-hydrogen) atoms. The summed E-state index contributed by atoms with van der Waals surface area (Å²) in [5.41, 5.74) is 0. The number of rotatable bonds is 16. The summed E-state index contributed by atoms with van der Waals surface area (Å²) < 4.78 is 16.2. The molecule has 0 amide bonds. The van der Waals surface area contributed by atoms with Crippen molar-refractivity contribution < 1.29 is 13.3 Å². The lowest BCUT2D eigenvalue weighted by Crippen LogP contribution is -2.43. The number of halogens is 1. The van der Waals surface area contributed by atoms with E-state index in [1.54, 1.807) is 21.3 Å². The van der Waals surface area contributed by atoms with Crippen molar-refractivity contribution in [2.45, 2.75) is 70.8 Å². The second-order valence-corrected chi connectivity index (χ2v) is 8.71. The Balaban J connectivity index is 0. The zero-order chi connectivity index (χ0) is 15.8. The molecule has 0 spiro atoms. The standard InChI is InChI=1S/C16H37NO3Si.ClH/c1-5-6-7-8-9-10-11-12-14-17-15-13-16-21(18-2,19-3)20-4;/h17H,5-16H2,1-4H3;1H. The van der Waals surface area contributed by atoms with Crippen LogP contribution in [0.15, 0.2) is 0 Å². The smallest absolute Gasteiger partial charge is 0.377 e. The van der Waals surface area contributed by atoms with Crippen molar-refractivity contribution in [3.8, 4) is 0 Å². The fourth-order valence-electron chi connectivity index (χ4n) is 2.49. The lowest BCUT2D eigenvalue weighted by atomic mass is 10.1. The van der Waals surface area contributed by atoms with Crippen LogP contribution in [-0.4, -0.2) is 43.2 Å². The fourth-order valence-corrected chi connectivity index (χ4v) is 4.22. The third-order valence-electron chi connectivity index (χ3n) is 3.98. The van der Waals surface area contributed by atoms with E-state index in [1.165, 1.54) is 51.4 Å². The maximum atomic E-state index is 5.40. The minimum absolute atomic E-state index is 0. The highest BCUT2D eigenvalue weighted by Gasteiger charge is 2.36. The normalized spacial score (nSPS) is 11.5. The zero-order valence-corrected chi connectivity index (χ0v) is 16.9. The molecule has 0 unspecified atom stereocenters. The molecule has 0 aromatic rings. The van der Waals surface area contributed by atoms with Crippen molar-refractivity contribution in [1.82, 2.24) is 5.32 Å². The van der Waals surface area contributed by atoms with Crippen molar-refractivity contribution >= 4 is 21.2 Å². The van der Waals surface area contributed by atoms with Gasteiger partial charge in [0.25, 0.3) is 0 Å². The molecule has 0 aliphatic carbocycles. The summed E-state index contributed by atoms with van der Waals surface area (Å²) in [6.07, 6.45) is 12.0. The van der Waals surface area contributed by atoms with E-state index in [0.29, 0.717) is 0 Å². The first-order valence-corrected chi connectivity index (χ1v) is 10.5. The summed E-state index contributed by atoms with van der Waals surface area (Å²) in [6.45, 7) is 4.40. The number of nitrogens with one attached hydrogen (secondary N) is 1. The molecule has 0 atom stereocenters. The molecule has 0 saturated heterocycles. The molecule has 0 aliphatic heterocycles. The molecular weight excluding hydrogens is 318 g/mol. The summed E-state index contributed by atoms with van der Waals surface area (Å²) in [7, 11) is 2.67. The summed E-state index contributed by atoms with van der Waals surface area (Å²) in [5, 5.41) is 3.50. The third-order valence-corrected chi connectivity index (χ3v) is 6.81. The van der Waals surface area contributed by atoms with Gasteiger partial charge in [0.2, 0.25) is 0 Å². The zero-order valence-electron chi connectivity index (χ0n) is 15.1. The Kier molecular flexibility index (Phi) is 19.8. The van der Waals surface area contributed by atoms with Gasteiger partial charge in [-0.2, -0.15) is 0 Å². The maximum absolute atomic E-state index is 5.40. The van der Waals surface area contributed by atoms with Crippen LogP contribution in [0.5, 0.6) is 0 Å². The van der Waals surface area contributed by atoms with Gasteiger partial charge in [-0.1, -0.05) is 51.9 Å². The van der Waals surface area contributed by atoms with Gasteiger partial charge >= 0.3 is 8.80 Å². The minimum Gasteiger partial charge on any atom is -0.377 e. The number of hydrogen-bond acceptors (Lipinski definition) is 4. The average Bonchev–Trinajstić information content (AvgIpc) is 2.53. The molecule has 6 heteroatoms. The monoisotopic (exact) mass is 355 g/mol. The molecule has 1 N–H and O–H groups in total. The van der Waals surface area contributed by atoms with Crippen LogP contribution in [0.4, 0.5) is 0 Å². The van der Waals surface area contributed by atoms with Crippen molar-refractivity contribution in [3.63, 3.8) is 0 Å². The Morgan fingerprint density at radius 2 is 1.14 bits per heavy atom. The molecule has 0 bridgehead atoms. The predicted molar refractivity (Wildman–Crippen MR) is 98.9 cm³/mol. The molecular formula is C16H38ClNO3Si. The van der Waals surface area contributed by atoms with Gasteiger partial charge in [-0.25, -0.2) is 0 Å². The van der Waals surface area contributed by atoms with E-state index in [0.717, 1.165) is 25.6 Å². The Morgan fingerprint density at radius 1 is 0.682 bits per heavy atom. The molecule has 0 aromatic carbocycles. The summed E-state index contributed by atoms with van der Waals surface area (Å²) in [6, 6.07) is 0.876. The SMILES string of the molecule is CCCCCCCCCCNCCC[Si](OC)(OC)OC.Cl. The largest absolute Gasteiger partial charge is 0.500 e. The van der Waals surface area contributed by atoms with Crippen molar-refractivity contribution in [2.24, 2.45) is 0 Å². The first-order valence-electron chi connectivity index (χ1n) is 8.60. The van der Waals surface area contributed by atoms with E-state index >= 15 is 0 Å². The van der Waals surface area contributed by atoms with E-state index < -0.39 is 8.80 Å². The first-order chi connectivity index (χ1) is 10.2. The molecule has 0 saturated carbocycles. The van der Waals surface area contributed by atoms with Gasteiger partial charge in [0.05, 0.1) is 0 Å². The number of unbranched alkanes of at least 4 members (excludes halogenated alkanes) is 7. The van der Waals surface area contributed by atoms with Gasteiger partial charge in [-0.15, -0.1) is 12.4 Å². The fraction of sp³-hybridized carbons (Fsp3) is 1.00. The van der Waals surface area contributed by atoms with Crippen LogP contribution in [0.1, 0.15) is 64.7 Å². The topological polar surface area (TPSA) is 39.7 Å². The Morgan fingerprint density at radius 3 is 1.64 bits per heavy atom. The van der Waals surface area contributed by atoms with Crippen LogP contribution < -0.4 is 5.32 Å². The lowest BCUT2D eigenvalue weighted by molar-refractivity contribution is 0.123. The molecule has 0 heterocycles. The Bertz CT molecular complexity index is 211. The third kappa shape index (κ3) is 12.8. The number of hydrogen-bond donors (Lipinski definition) is 1. The van der Waals surface area contributed by atoms with Crippen molar-refractivity contribution in [1.29, 1.82) is 0 Å². The summed E-state index contributed by atoms with van der Waals surface area (Å²) in [5.74, 6) is 0. The van der Waals surface area contributed by atoms with Crippen molar-refractivity contribution in [2.75, 3.05) is 34.4 Å². The van der Waals surface area contributed by atoms with Crippen LogP contribution in [0.3, 0.4) is 0 Å². The predicted octanol–water partition coefficient (Wildman–Crippen LogP) is 4.41. The van der Waals surface area contributed by atoms with E-state index in [-0.39, 0.29) is 12.4 Å². The van der Waals surface area contributed by atoms with E-state index in [4.69, 9.17) is 13.3 Å². The highest BCUT2D eigenvalue weighted by Crippen LogP contribution is 2.14. The second kappa shape index (κ2) is 17.7. The van der Waals surface area contributed by atoms with Gasteiger partial charge in [-0.3, -0.25) is 0 Å². The van der Waals surface area contributed by atoms with Crippen LogP contribution in [0, 0.1) is 0 Å². The maximum Gasteiger partial charge on any atom is 0.500 e. The highest BCUT2D eigenvalue weighted by atomic mass is 35.5. The molecule has 0 radical (unpaired) electrons. The summed E-state index contributed by atoms with van der Waals surface area (Å²) in [4.78, 5) is 0. The Labute approximate surface area is 145 Å². The molecule has 0 rings (SSSR count). The summed E-state index contributed by atoms with van der Waals surface area (Å²) >= 11 is 0. The first kappa shape index (κ1) is 24.6. The van der Waals surface area contributed by atoms with Crippen LogP contribution in [-0.2, 0) is 13.3 Å². The van der Waals surface area contributed by atoms with Gasteiger partial charge < -0.3 is 18.6 Å². The van der Waals surface area contributed by atoms with Gasteiger partial charge in [0.1, 0.15) is 0 Å². The van der Waals surface area contributed by atoms with E-state index in [9.17, 15) is 0 Å². The van der Waals surface area contributed by atoms with Gasteiger partial charge in [-0.05, 0) is 25.9 Å². The van der Waals surface area contributed by atoms with E-state index in [1.807, 2.05) is 0 Å². The second-order valence-electron chi connectivity index (χ2n) is 5.62. The minimum atomic E-state index is -2.35. The molecule has 0 fully saturated rings. The van der Waals surface area contributed by atoms with Crippen LogP contribution in [0.25, 0.3) is 0 Å². The Hall–Kier alpha value is 0.347.